The van der Waals surface area contributed by atoms with Crippen LogP contribution in [0.5, 0.6) is 0 Å². The van der Waals surface area contributed by atoms with Gasteiger partial charge in [0.2, 0.25) is 5.91 Å². The molecule has 0 saturated carbocycles. The van der Waals surface area contributed by atoms with Gasteiger partial charge in [0, 0.05) is 24.0 Å². The van der Waals surface area contributed by atoms with Gasteiger partial charge in [-0.3, -0.25) is 9.35 Å². The zero-order chi connectivity index (χ0) is 14.4. The molecule has 0 aromatic heterocycles. The van der Waals surface area contributed by atoms with Crippen molar-refractivity contribution in [1.29, 1.82) is 0 Å². The molecule has 0 radical (unpaired) electrons. The van der Waals surface area contributed by atoms with E-state index in [-0.39, 0.29) is 11.8 Å². The summed E-state index contributed by atoms with van der Waals surface area (Å²) in [6.45, 7) is 5.44. The predicted octanol–water partition coefficient (Wildman–Crippen LogP) is 0.0970. The lowest BCUT2D eigenvalue weighted by Crippen LogP contribution is -2.50. The summed E-state index contributed by atoms with van der Waals surface area (Å²) in [6, 6.07) is 0. The van der Waals surface area contributed by atoms with E-state index >= 15 is 0 Å². The second-order valence-electron chi connectivity index (χ2n) is 4.86. The molecule has 0 aliphatic heterocycles. The number of nitrogens with two attached hydrogens (primary N) is 1. The van der Waals surface area contributed by atoms with Gasteiger partial charge in [0.1, 0.15) is 0 Å². The molecule has 0 spiro atoms. The van der Waals surface area contributed by atoms with E-state index in [4.69, 9.17) is 10.3 Å². The van der Waals surface area contributed by atoms with E-state index in [9.17, 15) is 13.2 Å². The second kappa shape index (κ2) is 7.32. The summed E-state index contributed by atoms with van der Waals surface area (Å²) in [5.74, 6) is 0.446. The van der Waals surface area contributed by atoms with Crippen LogP contribution >= 0.6 is 11.8 Å². The first-order chi connectivity index (χ1) is 8.07. The van der Waals surface area contributed by atoms with Crippen molar-refractivity contribution in [3.63, 3.8) is 0 Å². The van der Waals surface area contributed by atoms with E-state index in [0.717, 1.165) is 5.75 Å². The second-order valence-corrected chi connectivity index (χ2v) is 7.47. The number of nitrogens with one attached hydrogen (secondary N) is 1. The Balaban J connectivity index is 4.28. The number of amides is 1. The number of carbonyl (C=O) groups is 1. The average Bonchev–Trinajstić information content (AvgIpc) is 2.12. The summed E-state index contributed by atoms with van der Waals surface area (Å²) in [7, 11) is -4.11. The molecule has 6 nitrogen and oxygen atoms in total. The topological polar surface area (TPSA) is 109 Å². The molecule has 0 fully saturated rings. The molecular formula is C10H22N2O4S2. The van der Waals surface area contributed by atoms with Gasteiger partial charge in [0.15, 0.2) is 0 Å². The van der Waals surface area contributed by atoms with Crippen LogP contribution in [0.1, 0.15) is 20.8 Å². The van der Waals surface area contributed by atoms with E-state index < -0.39 is 21.4 Å². The first-order valence-electron chi connectivity index (χ1n) is 5.62. The molecule has 1 unspecified atom stereocenters. The minimum atomic E-state index is -4.11. The molecular weight excluding hydrogens is 276 g/mol. The van der Waals surface area contributed by atoms with Crippen molar-refractivity contribution in [1.82, 2.24) is 5.32 Å². The largest absolute Gasteiger partial charge is 0.350 e. The van der Waals surface area contributed by atoms with E-state index in [2.05, 4.69) is 5.32 Å². The highest BCUT2D eigenvalue weighted by Crippen LogP contribution is 2.11. The van der Waals surface area contributed by atoms with Gasteiger partial charge < -0.3 is 11.1 Å². The standard InChI is InChI=1S/C10H22N2O4S2/c1-8(6-17-5-4-11)9(13)12-10(2,3)7-18(14,15)16/h8H,4-7,11H2,1-3H3,(H,12,13)(H,14,15,16). The van der Waals surface area contributed by atoms with Gasteiger partial charge in [-0.1, -0.05) is 6.92 Å². The van der Waals surface area contributed by atoms with Crippen LogP contribution in [0.15, 0.2) is 0 Å². The Bertz CT molecular complexity index is 368. The first-order valence-corrected chi connectivity index (χ1v) is 8.39. The number of carbonyl (C=O) groups excluding carboxylic acids is 1. The van der Waals surface area contributed by atoms with Gasteiger partial charge in [-0.25, -0.2) is 0 Å². The van der Waals surface area contributed by atoms with Gasteiger partial charge in [0.25, 0.3) is 10.1 Å². The van der Waals surface area contributed by atoms with E-state index in [1.807, 2.05) is 0 Å². The normalized spacial score (nSPS) is 14.3. The molecule has 18 heavy (non-hydrogen) atoms. The van der Waals surface area contributed by atoms with Crippen LogP contribution in [-0.2, 0) is 14.9 Å². The molecule has 0 saturated heterocycles. The summed E-state index contributed by atoms with van der Waals surface area (Å²) >= 11 is 1.58. The Labute approximate surface area is 113 Å². The Hall–Kier alpha value is -0.310. The zero-order valence-corrected chi connectivity index (χ0v) is 12.6. The van der Waals surface area contributed by atoms with E-state index in [0.29, 0.717) is 12.3 Å². The number of hydrogen-bond acceptors (Lipinski definition) is 5. The first kappa shape index (κ1) is 17.7. The summed E-state index contributed by atoms with van der Waals surface area (Å²) < 4.78 is 30.4. The molecule has 8 heteroatoms. The minimum Gasteiger partial charge on any atom is -0.350 e. The minimum absolute atomic E-state index is 0.229. The quantitative estimate of drug-likeness (QED) is 0.433. The maximum absolute atomic E-state index is 11.8. The average molecular weight is 298 g/mol. The van der Waals surface area contributed by atoms with E-state index in [1.54, 1.807) is 32.5 Å². The fourth-order valence-electron chi connectivity index (χ4n) is 1.37. The molecule has 0 bridgehead atoms. The third-order valence-corrected chi connectivity index (χ3v) is 4.43. The molecule has 108 valence electrons. The van der Waals surface area contributed by atoms with E-state index in [1.165, 1.54) is 0 Å². The van der Waals surface area contributed by atoms with Crippen LogP contribution in [0.4, 0.5) is 0 Å². The van der Waals surface area contributed by atoms with Crippen LogP contribution in [0.2, 0.25) is 0 Å². The lowest BCUT2D eigenvalue weighted by atomic mass is 10.1. The fraction of sp³-hybridized carbons (Fsp3) is 0.900. The van der Waals surface area contributed by atoms with Crippen LogP contribution in [0, 0.1) is 5.92 Å². The molecule has 1 atom stereocenters. The molecule has 0 rings (SSSR count). The molecule has 0 aliphatic rings. The smallest absolute Gasteiger partial charge is 0.267 e. The van der Waals surface area contributed by atoms with Crippen molar-refractivity contribution in [3.8, 4) is 0 Å². The third-order valence-electron chi connectivity index (χ3n) is 2.08. The van der Waals surface area contributed by atoms with Gasteiger partial charge in [-0.2, -0.15) is 20.2 Å². The summed E-state index contributed by atoms with van der Waals surface area (Å²) in [6.07, 6.45) is 0. The molecule has 0 aliphatic carbocycles. The fourth-order valence-corrected chi connectivity index (χ4v) is 3.19. The van der Waals surface area contributed by atoms with Crippen LogP contribution in [-0.4, -0.2) is 48.2 Å². The highest BCUT2D eigenvalue weighted by molar-refractivity contribution is 7.99. The zero-order valence-electron chi connectivity index (χ0n) is 11.0. The van der Waals surface area contributed by atoms with Crippen LogP contribution in [0.3, 0.4) is 0 Å². The number of thioether (sulfide) groups is 1. The molecule has 4 N–H and O–H groups in total. The van der Waals surface area contributed by atoms with Gasteiger partial charge in [0.05, 0.1) is 11.3 Å². The highest BCUT2D eigenvalue weighted by Gasteiger charge is 2.28. The van der Waals surface area contributed by atoms with Gasteiger partial charge in [-0.05, 0) is 13.8 Å². The molecule has 0 heterocycles. The molecule has 1 amide bonds. The Morgan fingerprint density at radius 3 is 2.50 bits per heavy atom. The van der Waals surface area contributed by atoms with Crippen molar-refractivity contribution in [3.05, 3.63) is 0 Å². The highest BCUT2D eigenvalue weighted by atomic mass is 32.2. The SMILES string of the molecule is CC(CSCCN)C(=O)NC(C)(C)CS(=O)(=O)O. The Morgan fingerprint density at radius 1 is 1.50 bits per heavy atom. The van der Waals surface area contributed by atoms with Gasteiger partial charge in [-0.15, -0.1) is 0 Å². The lowest BCUT2D eigenvalue weighted by molar-refractivity contribution is -0.125. The monoisotopic (exact) mass is 298 g/mol. The van der Waals surface area contributed by atoms with Crippen LogP contribution in [0.25, 0.3) is 0 Å². The molecule has 0 aromatic carbocycles. The number of hydrogen-bond donors (Lipinski definition) is 3. The third kappa shape index (κ3) is 8.73. The maximum Gasteiger partial charge on any atom is 0.267 e. The molecule has 0 aromatic rings. The van der Waals surface area contributed by atoms with Crippen molar-refractivity contribution >= 4 is 27.8 Å². The maximum atomic E-state index is 11.8. The summed E-state index contributed by atoms with van der Waals surface area (Å²) in [4.78, 5) is 11.8. The van der Waals surface area contributed by atoms with Crippen molar-refractivity contribution < 1.29 is 17.8 Å². The lowest BCUT2D eigenvalue weighted by Gasteiger charge is -2.26. The van der Waals surface area contributed by atoms with Crippen molar-refractivity contribution in [2.24, 2.45) is 11.7 Å². The predicted molar refractivity (Wildman–Crippen MR) is 74.2 cm³/mol. The summed E-state index contributed by atoms with van der Waals surface area (Å²) in [5, 5.41) is 2.62. The van der Waals surface area contributed by atoms with Crippen molar-refractivity contribution in [2.45, 2.75) is 26.3 Å². The number of rotatable bonds is 8. The van der Waals surface area contributed by atoms with Gasteiger partial charge >= 0.3 is 0 Å². The Kier molecular flexibility index (Phi) is 7.19. The van der Waals surface area contributed by atoms with Crippen LogP contribution < -0.4 is 11.1 Å². The summed E-state index contributed by atoms with van der Waals surface area (Å²) in [5.41, 5.74) is 4.36. The van der Waals surface area contributed by atoms with Crippen molar-refractivity contribution in [2.75, 3.05) is 23.8 Å². The Morgan fingerprint density at radius 2 is 2.06 bits per heavy atom.